The summed E-state index contributed by atoms with van der Waals surface area (Å²) in [5, 5.41) is 0. The molecule has 160 valence electrons. The van der Waals surface area contributed by atoms with Crippen LogP contribution in [0.5, 0.6) is 0 Å². The van der Waals surface area contributed by atoms with E-state index in [9.17, 15) is 27.2 Å². The number of alkyl halides is 3. The molecule has 0 saturated carbocycles. The fourth-order valence-electron chi connectivity index (χ4n) is 3.56. The number of carbonyl (C=O) groups excluding carboxylic acids is 1. The normalized spacial score (nSPS) is 13.7. The second-order valence-electron chi connectivity index (χ2n) is 6.93. The lowest BCUT2D eigenvalue weighted by Crippen LogP contribution is -2.38. The molecule has 2 aromatic heterocycles. The van der Waals surface area contributed by atoms with Gasteiger partial charge in [-0.3, -0.25) is 14.2 Å². The van der Waals surface area contributed by atoms with Crippen LogP contribution in [-0.4, -0.2) is 27.0 Å². The van der Waals surface area contributed by atoms with Gasteiger partial charge in [0.2, 0.25) is 5.82 Å². The lowest BCUT2D eigenvalue weighted by Gasteiger charge is -2.31. The molecule has 1 aromatic carbocycles. The van der Waals surface area contributed by atoms with Crippen LogP contribution in [0.4, 0.5) is 23.4 Å². The Balaban J connectivity index is 1.79. The van der Waals surface area contributed by atoms with Crippen LogP contribution in [0.3, 0.4) is 0 Å². The van der Waals surface area contributed by atoms with Gasteiger partial charge < -0.3 is 10.6 Å². The highest BCUT2D eigenvalue weighted by molar-refractivity contribution is 5.94. The van der Waals surface area contributed by atoms with E-state index >= 15 is 0 Å². The fraction of sp³-hybridized carbons (Fsp3) is 0.200. The van der Waals surface area contributed by atoms with Gasteiger partial charge in [0.1, 0.15) is 17.2 Å². The quantitative estimate of drug-likeness (QED) is 0.641. The topological polar surface area (TPSA) is 94.1 Å². The first-order valence-electron chi connectivity index (χ1n) is 9.13. The molecule has 0 atom stereocenters. The lowest BCUT2D eigenvalue weighted by molar-refractivity contribution is -0.144. The van der Waals surface area contributed by atoms with Crippen LogP contribution in [0.15, 0.2) is 47.5 Å². The molecule has 3 heterocycles. The highest BCUT2D eigenvalue weighted by Crippen LogP contribution is 2.29. The molecule has 11 heteroatoms. The van der Waals surface area contributed by atoms with E-state index < -0.39 is 29.3 Å². The summed E-state index contributed by atoms with van der Waals surface area (Å²) < 4.78 is 53.4. The Morgan fingerprint density at radius 3 is 2.48 bits per heavy atom. The third-order valence-electron chi connectivity index (χ3n) is 4.97. The molecule has 0 aliphatic carbocycles. The van der Waals surface area contributed by atoms with Gasteiger partial charge in [-0.05, 0) is 47.9 Å². The van der Waals surface area contributed by atoms with Crippen molar-refractivity contribution in [2.45, 2.75) is 19.1 Å². The van der Waals surface area contributed by atoms with Gasteiger partial charge in [0.15, 0.2) is 0 Å². The largest absolute Gasteiger partial charge is 0.451 e. The fourth-order valence-corrected chi connectivity index (χ4v) is 3.56. The van der Waals surface area contributed by atoms with Crippen molar-refractivity contribution in [3.8, 4) is 5.69 Å². The summed E-state index contributed by atoms with van der Waals surface area (Å²) in [6.45, 7) is 0.312. The van der Waals surface area contributed by atoms with Gasteiger partial charge in [-0.2, -0.15) is 13.2 Å². The standard InChI is InChI=1S/C20H15F4N5O2/c21-12-1-3-13(4-2-12)29-10-11-9-28(8-6-14(11)16(17(25)30)18(29)31)15-5-7-26-19(27-15)20(22,23)24/h1-5,7,10H,6,8-9H2,(H2,25,30). The number of fused-ring (bicyclic) bond motifs is 1. The number of anilines is 1. The Bertz CT molecular complexity index is 1220. The molecule has 1 aliphatic heterocycles. The van der Waals surface area contributed by atoms with Crippen molar-refractivity contribution in [3.05, 3.63) is 81.4 Å². The summed E-state index contributed by atoms with van der Waals surface area (Å²) in [7, 11) is 0. The van der Waals surface area contributed by atoms with E-state index in [1.165, 1.54) is 29.0 Å². The molecule has 1 aliphatic rings. The number of primary amides is 1. The third-order valence-corrected chi connectivity index (χ3v) is 4.97. The van der Waals surface area contributed by atoms with Gasteiger partial charge in [-0.15, -0.1) is 0 Å². The van der Waals surface area contributed by atoms with Crippen LogP contribution >= 0.6 is 0 Å². The molecular weight excluding hydrogens is 418 g/mol. The number of amides is 1. The molecule has 0 radical (unpaired) electrons. The van der Waals surface area contributed by atoms with E-state index in [1.54, 1.807) is 4.90 Å². The first-order chi connectivity index (χ1) is 14.6. The smallest absolute Gasteiger partial charge is 0.365 e. The second-order valence-corrected chi connectivity index (χ2v) is 6.93. The zero-order valence-corrected chi connectivity index (χ0v) is 15.9. The van der Waals surface area contributed by atoms with Gasteiger partial charge >= 0.3 is 6.18 Å². The number of halogens is 4. The van der Waals surface area contributed by atoms with Crippen molar-refractivity contribution in [2.75, 3.05) is 11.4 Å². The number of nitrogens with two attached hydrogens (primary N) is 1. The SMILES string of the molecule is NC(=O)c1c2c(cn(-c3ccc(F)cc3)c1=O)CN(c1ccnc(C(F)(F)F)n1)CC2. The van der Waals surface area contributed by atoms with Crippen molar-refractivity contribution in [1.82, 2.24) is 14.5 Å². The number of rotatable bonds is 3. The number of hydrogen-bond acceptors (Lipinski definition) is 5. The molecule has 7 nitrogen and oxygen atoms in total. The summed E-state index contributed by atoms with van der Waals surface area (Å²) in [6, 6.07) is 6.42. The number of pyridine rings is 1. The van der Waals surface area contributed by atoms with E-state index in [4.69, 9.17) is 5.73 Å². The number of benzene rings is 1. The Morgan fingerprint density at radius 1 is 1.13 bits per heavy atom. The first-order valence-corrected chi connectivity index (χ1v) is 9.13. The van der Waals surface area contributed by atoms with Crippen LogP contribution in [0.25, 0.3) is 5.69 Å². The minimum Gasteiger partial charge on any atom is -0.365 e. The van der Waals surface area contributed by atoms with Crippen LogP contribution in [-0.2, 0) is 19.1 Å². The van der Waals surface area contributed by atoms with E-state index in [0.717, 1.165) is 18.3 Å². The molecule has 0 bridgehead atoms. The lowest BCUT2D eigenvalue weighted by atomic mass is 9.96. The average molecular weight is 433 g/mol. The van der Waals surface area contributed by atoms with Gasteiger partial charge in [0.05, 0.1) is 0 Å². The summed E-state index contributed by atoms with van der Waals surface area (Å²) >= 11 is 0. The Hall–Kier alpha value is -3.76. The van der Waals surface area contributed by atoms with Crippen molar-refractivity contribution in [1.29, 1.82) is 0 Å². The molecule has 3 aromatic rings. The zero-order valence-electron chi connectivity index (χ0n) is 15.9. The molecule has 4 rings (SSSR count). The van der Waals surface area contributed by atoms with Crippen molar-refractivity contribution >= 4 is 11.7 Å². The predicted octanol–water partition coefficient (Wildman–Crippen LogP) is 2.45. The van der Waals surface area contributed by atoms with Crippen LogP contribution in [0.2, 0.25) is 0 Å². The molecule has 0 unspecified atom stereocenters. The molecule has 2 N–H and O–H groups in total. The zero-order chi connectivity index (χ0) is 22.3. The Labute approximate surface area is 172 Å². The molecule has 1 amide bonds. The number of aromatic nitrogens is 3. The van der Waals surface area contributed by atoms with Gasteiger partial charge in [-0.25, -0.2) is 14.4 Å². The maximum absolute atomic E-state index is 13.3. The highest BCUT2D eigenvalue weighted by atomic mass is 19.4. The number of hydrogen-bond donors (Lipinski definition) is 1. The first kappa shape index (κ1) is 20.5. The molecule has 0 spiro atoms. The summed E-state index contributed by atoms with van der Waals surface area (Å²) in [5.41, 5.74) is 5.89. The average Bonchev–Trinajstić information content (AvgIpc) is 2.73. The second kappa shape index (κ2) is 7.49. The van der Waals surface area contributed by atoms with E-state index in [1.807, 2.05) is 0 Å². The minimum atomic E-state index is -4.69. The molecule has 0 saturated heterocycles. The van der Waals surface area contributed by atoms with Crippen LogP contribution in [0, 0.1) is 5.82 Å². The van der Waals surface area contributed by atoms with Crippen molar-refractivity contribution < 1.29 is 22.4 Å². The maximum Gasteiger partial charge on any atom is 0.451 e. The maximum atomic E-state index is 13.3. The van der Waals surface area contributed by atoms with Crippen LogP contribution in [0.1, 0.15) is 27.3 Å². The van der Waals surface area contributed by atoms with E-state index in [-0.39, 0.29) is 30.9 Å². The summed E-state index contributed by atoms with van der Waals surface area (Å²) in [4.78, 5) is 33.4. The van der Waals surface area contributed by atoms with Crippen molar-refractivity contribution in [3.63, 3.8) is 0 Å². The summed E-state index contributed by atoms with van der Waals surface area (Å²) in [6.07, 6.45) is -1.98. The minimum absolute atomic E-state index is 0.0631. The van der Waals surface area contributed by atoms with Gasteiger partial charge in [0.25, 0.3) is 11.5 Å². The highest BCUT2D eigenvalue weighted by Gasteiger charge is 2.35. The predicted molar refractivity (Wildman–Crippen MR) is 102 cm³/mol. The Kier molecular flexibility index (Phi) is 4.96. The number of nitrogens with zero attached hydrogens (tertiary/aromatic N) is 4. The van der Waals surface area contributed by atoms with Crippen molar-refractivity contribution in [2.24, 2.45) is 5.73 Å². The Morgan fingerprint density at radius 2 is 1.84 bits per heavy atom. The molecule has 31 heavy (non-hydrogen) atoms. The third kappa shape index (κ3) is 3.86. The molecule has 0 fully saturated rings. The molecular formula is C20H15F4N5O2. The van der Waals surface area contributed by atoms with Gasteiger partial charge in [-0.1, -0.05) is 0 Å². The van der Waals surface area contributed by atoms with E-state index in [2.05, 4.69) is 9.97 Å². The number of carbonyl (C=O) groups is 1. The van der Waals surface area contributed by atoms with E-state index in [0.29, 0.717) is 16.8 Å². The summed E-state index contributed by atoms with van der Waals surface area (Å²) in [5.74, 6) is -2.61. The monoisotopic (exact) mass is 433 g/mol. The van der Waals surface area contributed by atoms with Crippen LogP contribution < -0.4 is 16.2 Å². The van der Waals surface area contributed by atoms with Gasteiger partial charge in [0, 0.05) is 31.2 Å².